The van der Waals surface area contributed by atoms with Crippen LogP contribution in [0.1, 0.15) is 55.1 Å². The molecular weight excluding hydrogens is 384 g/mol. The fourth-order valence-electron chi connectivity index (χ4n) is 3.70. The summed E-state index contributed by atoms with van der Waals surface area (Å²) < 4.78 is 11.5. The van der Waals surface area contributed by atoms with Crippen molar-refractivity contribution in [2.45, 2.75) is 52.7 Å². The van der Waals surface area contributed by atoms with Crippen molar-refractivity contribution in [2.75, 3.05) is 52.5 Å². The highest BCUT2D eigenvalue weighted by Gasteiger charge is 2.24. The summed E-state index contributed by atoms with van der Waals surface area (Å²) in [5.41, 5.74) is 2.18. The fraction of sp³-hybridized carbons (Fsp3) is 0.696. The molecule has 0 aromatic heterocycles. The Balaban J connectivity index is 2.05. The van der Waals surface area contributed by atoms with Gasteiger partial charge in [0.2, 0.25) is 0 Å². The van der Waals surface area contributed by atoms with E-state index in [0.717, 1.165) is 37.3 Å². The van der Waals surface area contributed by atoms with Crippen molar-refractivity contribution in [1.82, 2.24) is 9.80 Å². The molecule has 7 nitrogen and oxygen atoms in total. The van der Waals surface area contributed by atoms with Gasteiger partial charge in [-0.2, -0.15) is 0 Å². The predicted octanol–water partition coefficient (Wildman–Crippen LogP) is 2.03. The number of ether oxygens (including phenoxy) is 2. The van der Waals surface area contributed by atoms with Crippen LogP contribution in [0.2, 0.25) is 0 Å². The molecule has 2 N–H and O–H groups in total. The Morgan fingerprint density at radius 3 is 2.30 bits per heavy atom. The Labute approximate surface area is 180 Å². The lowest BCUT2D eigenvalue weighted by Crippen LogP contribution is -2.49. The average Bonchev–Trinajstić information content (AvgIpc) is 2.67. The van der Waals surface area contributed by atoms with E-state index < -0.39 is 12.1 Å². The number of aliphatic hydroxyl groups excluding tert-OH is 2. The van der Waals surface area contributed by atoms with Gasteiger partial charge in [0.15, 0.2) is 0 Å². The summed E-state index contributed by atoms with van der Waals surface area (Å²) in [5.74, 6) is 0.292. The van der Waals surface area contributed by atoms with Gasteiger partial charge < -0.3 is 19.7 Å². The van der Waals surface area contributed by atoms with Crippen molar-refractivity contribution < 1.29 is 24.5 Å². The maximum Gasteiger partial charge on any atom is 0.342 e. The molecule has 1 unspecified atom stereocenters. The van der Waals surface area contributed by atoms with E-state index in [1.807, 2.05) is 32.9 Å². The van der Waals surface area contributed by atoms with Crippen LogP contribution in [0.5, 0.6) is 5.75 Å². The third-order valence-corrected chi connectivity index (χ3v) is 5.34. The quantitative estimate of drug-likeness (QED) is 0.558. The maximum atomic E-state index is 12.7. The van der Waals surface area contributed by atoms with Crippen molar-refractivity contribution in [3.05, 3.63) is 28.8 Å². The van der Waals surface area contributed by atoms with Gasteiger partial charge >= 0.3 is 5.97 Å². The molecule has 7 heteroatoms. The second-order valence-corrected chi connectivity index (χ2v) is 8.62. The molecule has 1 aromatic carbocycles. The van der Waals surface area contributed by atoms with Crippen LogP contribution in [0.4, 0.5) is 0 Å². The van der Waals surface area contributed by atoms with E-state index in [2.05, 4.69) is 23.6 Å². The van der Waals surface area contributed by atoms with Gasteiger partial charge in [-0.25, -0.2) is 4.79 Å². The predicted molar refractivity (Wildman–Crippen MR) is 117 cm³/mol. The average molecular weight is 423 g/mol. The van der Waals surface area contributed by atoms with E-state index in [0.29, 0.717) is 24.4 Å². The summed E-state index contributed by atoms with van der Waals surface area (Å²) in [4.78, 5) is 17.1. The molecule has 170 valence electrons. The number of aliphatic hydroxyl groups is 2. The first-order chi connectivity index (χ1) is 14.2. The van der Waals surface area contributed by atoms with E-state index in [1.165, 1.54) is 0 Å². The van der Waals surface area contributed by atoms with Crippen molar-refractivity contribution in [3.8, 4) is 5.75 Å². The lowest BCUT2D eigenvalue weighted by Gasteiger charge is -2.35. The topological polar surface area (TPSA) is 82.5 Å². The van der Waals surface area contributed by atoms with Crippen LogP contribution in [0.15, 0.2) is 12.1 Å². The molecule has 1 atom stereocenters. The van der Waals surface area contributed by atoms with E-state index in [-0.39, 0.29) is 25.2 Å². The third kappa shape index (κ3) is 6.94. The minimum atomic E-state index is -0.663. The number of nitrogens with zero attached hydrogens (tertiary/aromatic N) is 2. The summed E-state index contributed by atoms with van der Waals surface area (Å²) in [6.07, 6.45) is -0.883. The van der Waals surface area contributed by atoms with Crippen molar-refractivity contribution in [2.24, 2.45) is 0 Å². The summed E-state index contributed by atoms with van der Waals surface area (Å²) in [7, 11) is 0. The summed E-state index contributed by atoms with van der Waals surface area (Å²) >= 11 is 0. The summed E-state index contributed by atoms with van der Waals surface area (Å²) in [6.45, 7) is 14.6. The van der Waals surface area contributed by atoms with Crippen LogP contribution < -0.4 is 4.74 Å². The first kappa shape index (κ1) is 24.6. The number of carbonyl (C=O) groups excluding carboxylic acids is 1. The Bertz CT molecular complexity index is 684. The number of benzene rings is 1. The summed E-state index contributed by atoms with van der Waals surface area (Å²) in [6, 6.07) is 3.90. The highest BCUT2D eigenvalue weighted by molar-refractivity contribution is 5.95. The van der Waals surface area contributed by atoms with Crippen LogP contribution >= 0.6 is 0 Å². The van der Waals surface area contributed by atoms with Gasteiger partial charge in [-0.1, -0.05) is 26.0 Å². The van der Waals surface area contributed by atoms with Crippen molar-refractivity contribution in [3.63, 3.8) is 0 Å². The number of piperazine rings is 1. The number of esters is 1. The largest absolute Gasteiger partial charge is 0.490 e. The zero-order valence-corrected chi connectivity index (χ0v) is 19.1. The fourth-order valence-corrected chi connectivity index (χ4v) is 3.70. The molecule has 0 aliphatic carbocycles. The van der Waals surface area contributed by atoms with Crippen LogP contribution in [-0.4, -0.2) is 90.7 Å². The first-order valence-corrected chi connectivity index (χ1v) is 10.9. The molecule has 0 spiro atoms. The Morgan fingerprint density at radius 1 is 1.10 bits per heavy atom. The molecule has 1 aliphatic heterocycles. The second kappa shape index (κ2) is 11.6. The zero-order chi connectivity index (χ0) is 22.3. The Kier molecular flexibility index (Phi) is 9.55. The van der Waals surface area contributed by atoms with Gasteiger partial charge in [-0.3, -0.25) is 9.80 Å². The van der Waals surface area contributed by atoms with Crippen LogP contribution in [0.3, 0.4) is 0 Å². The molecule has 0 bridgehead atoms. The Hall–Kier alpha value is -1.67. The van der Waals surface area contributed by atoms with E-state index in [4.69, 9.17) is 14.6 Å². The van der Waals surface area contributed by atoms with Crippen LogP contribution in [-0.2, 0) is 4.74 Å². The molecule has 2 rings (SSSR count). The van der Waals surface area contributed by atoms with Gasteiger partial charge in [0.25, 0.3) is 0 Å². The number of hydrogen-bond acceptors (Lipinski definition) is 7. The molecule has 0 amide bonds. The molecule has 30 heavy (non-hydrogen) atoms. The van der Waals surface area contributed by atoms with Gasteiger partial charge in [-0.15, -0.1) is 0 Å². The smallest absolute Gasteiger partial charge is 0.342 e. The van der Waals surface area contributed by atoms with Gasteiger partial charge in [0.05, 0.1) is 12.7 Å². The van der Waals surface area contributed by atoms with Gasteiger partial charge in [-0.05, 0) is 37.8 Å². The number of aryl methyl sites for hydroxylation is 1. The molecule has 1 saturated heterocycles. The molecule has 0 radical (unpaired) electrons. The first-order valence-electron chi connectivity index (χ1n) is 10.9. The molecule has 1 aliphatic rings. The number of β-amino-alcohol motifs (C(OH)–C–C–N with tert-alkyl or cyclic N) is 2. The normalized spacial score (nSPS) is 16.8. The lowest BCUT2D eigenvalue weighted by molar-refractivity contribution is 0.0344. The van der Waals surface area contributed by atoms with Crippen molar-refractivity contribution >= 4 is 5.97 Å². The molecular formula is C23H38N2O5. The standard InChI is InChI=1S/C23H38N2O5/c1-16(2)20-7-6-18(5)21(23(28)30-17(3)4)22(20)29-15-19(27)14-25-10-8-24(9-11-25)12-13-26/h6-7,16-17,19,26-27H,8-15H2,1-5H3. The zero-order valence-electron chi connectivity index (χ0n) is 19.1. The maximum absolute atomic E-state index is 12.7. The Morgan fingerprint density at radius 2 is 1.73 bits per heavy atom. The summed E-state index contributed by atoms with van der Waals surface area (Å²) in [5, 5.41) is 19.6. The second-order valence-electron chi connectivity index (χ2n) is 8.62. The molecule has 0 saturated carbocycles. The highest BCUT2D eigenvalue weighted by Crippen LogP contribution is 2.33. The molecule has 1 heterocycles. The van der Waals surface area contributed by atoms with E-state index >= 15 is 0 Å². The molecule has 1 aromatic rings. The van der Waals surface area contributed by atoms with Gasteiger partial charge in [0.1, 0.15) is 24.0 Å². The number of hydrogen-bond donors (Lipinski definition) is 2. The lowest BCUT2D eigenvalue weighted by atomic mass is 9.96. The third-order valence-electron chi connectivity index (χ3n) is 5.34. The number of carbonyl (C=O) groups is 1. The van der Waals surface area contributed by atoms with E-state index in [9.17, 15) is 9.90 Å². The van der Waals surface area contributed by atoms with Crippen LogP contribution in [0, 0.1) is 6.92 Å². The number of rotatable bonds is 10. The van der Waals surface area contributed by atoms with Crippen LogP contribution in [0.25, 0.3) is 0 Å². The monoisotopic (exact) mass is 422 g/mol. The highest BCUT2D eigenvalue weighted by atomic mass is 16.5. The van der Waals surface area contributed by atoms with Crippen molar-refractivity contribution in [1.29, 1.82) is 0 Å². The SMILES string of the molecule is Cc1ccc(C(C)C)c(OCC(O)CN2CCN(CCO)CC2)c1C(=O)OC(C)C. The van der Waals surface area contributed by atoms with Gasteiger partial charge in [0, 0.05) is 39.3 Å². The van der Waals surface area contributed by atoms with E-state index in [1.54, 1.807) is 0 Å². The minimum Gasteiger partial charge on any atom is -0.490 e. The molecule has 1 fully saturated rings. The minimum absolute atomic E-state index is 0.113.